The van der Waals surface area contributed by atoms with Gasteiger partial charge in [0.1, 0.15) is 11.6 Å². The number of carbonyl (C=O) groups is 2. The first-order valence-electron chi connectivity index (χ1n) is 19.1. The van der Waals surface area contributed by atoms with Crippen LogP contribution in [0.4, 0.5) is 20.2 Å². The summed E-state index contributed by atoms with van der Waals surface area (Å²) in [6, 6.07) is 25.3. The molecular formula is C42H51ClF2N4O8S2. The maximum Gasteiger partial charge on any atom is 0.337 e. The van der Waals surface area contributed by atoms with Crippen LogP contribution in [0.5, 0.6) is 0 Å². The molecule has 320 valence electrons. The van der Waals surface area contributed by atoms with Crippen LogP contribution in [-0.2, 0) is 42.6 Å². The summed E-state index contributed by atoms with van der Waals surface area (Å²) in [5, 5.41) is 2.12. The van der Waals surface area contributed by atoms with E-state index in [1.54, 1.807) is 60.7 Å². The van der Waals surface area contributed by atoms with Crippen LogP contribution in [-0.4, -0.2) is 91.1 Å². The molecule has 0 unspecified atom stereocenters. The van der Waals surface area contributed by atoms with E-state index >= 15 is 0 Å². The van der Waals surface area contributed by atoms with Gasteiger partial charge in [0.05, 0.1) is 60.3 Å². The number of nitrogens with zero attached hydrogens (tertiary/aromatic N) is 3. The lowest BCUT2D eigenvalue weighted by Crippen LogP contribution is -2.45. The van der Waals surface area contributed by atoms with Crippen LogP contribution in [0.2, 0.25) is 0 Å². The van der Waals surface area contributed by atoms with Crippen molar-refractivity contribution in [1.82, 2.24) is 10.2 Å². The van der Waals surface area contributed by atoms with Crippen molar-refractivity contribution in [2.24, 2.45) is 0 Å². The molecule has 0 bridgehead atoms. The van der Waals surface area contributed by atoms with Crippen molar-refractivity contribution >= 4 is 55.8 Å². The van der Waals surface area contributed by atoms with E-state index in [1.807, 2.05) is 0 Å². The summed E-state index contributed by atoms with van der Waals surface area (Å²) in [6.45, 7) is 5.38. The number of piperidine rings is 2. The fourth-order valence-corrected chi connectivity index (χ4v) is 10.8. The molecule has 59 heavy (non-hydrogen) atoms. The molecule has 2 aliphatic heterocycles. The van der Waals surface area contributed by atoms with Crippen molar-refractivity contribution < 1.29 is 44.7 Å². The zero-order valence-electron chi connectivity index (χ0n) is 33.3. The second-order valence-electron chi connectivity index (χ2n) is 14.0. The molecular weight excluding hydrogens is 826 g/mol. The number of likely N-dealkylation sites (tertiary alicyclic amines) is 1. The molecule has 0 aromatic heterocycles. The topological polar surface area (TPSA) is 143 Å². The number of benzene rings is 4. The van der Waals surface area contributed by atoms with E-state index in [9.17, 15) is 35.2 Å². The third-order valence-electron chi connectivity index (χ3n) is 10.4. The molecule has 0 amide bonds. The van der Waals surface area contributed by atoms with Crippen LogP contribution in [0.15, 0.2) is 97.1 Å². The molecule has 0 radical (unpaired) electrons. The highest BCUT2D eigenvalue weighted by molar-refractivity contribution is 7.93. The minimum absolute atomic E-state index is 0. The summed E-state index contributed by atoms with van der Waals surface area (Å²) >= 11 is 0. The van der Waals surface area contributed by atoms with E-state index in [2.05, 4.69) is 26.6 Å². The van der Waals surface area contributed by atoms with Gasteiger partial charge >= 0.3 is 11.9 Å². The summed E-state index contributed by atoms with van der Waals surface area (Å²) in [5.74, 6) is -2.58. The highest BCUT2D eigenvalue weighted by atomic mass is 35.5. The standard InChI is InChI=1S/C22H27FN2O4S.C20H23FN2O4S.ClH/c1-3-24-13-11-20(12-14-24)30(27,28)25(19-7-5-4-6-8-19)16-18-10-9-17(15-21(18)23)22(26)29-2;1-27-20(24)15-7-8-16(19(21)13-15)14-23(17-5-3-2-4-6-17)28(25,26)18-9-11-22-12-10-18;/h4-10,15,20H,3,11-14,16H2,1-2H3;2-8,13,18,22H,9-12,14H2,1H3;1H. The number of hydrogen-bond acceptors (Lipinski definition) is 10. The Labute approximate surface area is 352 Å². The minimum Gasteiger partial charge on any atom is -0.465 e. The van der Waals surface area contributed by atoms with Gasteiger partial charge in [0, 0.05) is 11.1 Å². The average molecular weight is 877 g/mol. The largest absolute Gasteiger partial charge is 0.465 e. The van der Waals surface area contributed by atoms with Crippen LogP contribution >= 0.6 is 12.4 Å². The molecule has 2 heterocycles. The maximum absolute atomic E-state index is 14.7. The smallest absolute Gasteiger partial charge is 0.337 e. The predicted molar refractivity (Wildman–Crippen MR) is 227 cm³/mol. The van der Waals surface area contributed by atoms with Crippen LogP contribution in [0.25, 0.3) is 0 Å². The van der Waals surface area contributed by atoms with Crippen molar-refractivity contribution in [2.45, 2.75) is 56.2 Å². The summed E-state index contributed by atoms with van der Waals surface area (Å²) in [4.78, 5) is 25.5. The first kappa shape index (κ1) is 47.1. The second-order valence-corrected chi connectivity index (χ2v) is 18.2. The normalized spacial score (nSPS) is 15.2. The second kappa shape index (κ2) is 21.6. The summed E-state index contributed by atoms with van der Waals surface area (Å²) in [7, 11) is -4.95. The van der Waals surface area contributed by atoms with E-state index in [-0.39, 0.29) is 47.8 Å². The summed E-state index contributed by atoms with van der Waals surface area (Å²) in [6.07, 6.45) is 2.11. The quantitative estimate of drug-likeness (QED) is 0.147. The number of ether oxygens (including phenoxy) is 2. The third-order valence-corrected chi connectivity index (χ3v) is 14.9. The molecule has 1 N–H and O–H groups in total. The molecule has 17 heteroatoms. The number of sulfonamides is 2. The molecule has 2 fully saturated rings. The fraction of sp³-hybridized carbons (Fsp3) is 0.381. The molecule has 2 saturated heterocycles. The van der Waals surface area contributed by atoms with E-state index in [4.69, 9.17) is 0 Å². The Morgan fingerprint density at radius 2 is 1.05 bits per heavy atom. The Hall–Kier alpha value is -4.61. The van der Waals surface area contributed by atoms with Gasteiger partial charge in [0.15, 0.2) is 0 Å². The van der Waals surface area contributed by atoms with Gasteiger partial charge in [-0.3, -0.25) is 8.61 Å². The van der Waals surface area contributed by atoms with Crippen molar-refractivity contribution in [1.29, 1.82) is 0 Å². The van der Waals surface area contributed by atoms with Gasteiger partial charge in [0.2, 0.25) is 20.0 Å². The summed E-state index contributed by atoms with van der Waals surface area (Å²) in [5.41, 5.74) is 1.52. The van der Waals surface area contributed by atoms with E-state index in [0.29, 0.717) is 50.1 Å². The van der Waals surface area contributed by atoms with E-state index in [0.717, 1.165) is 31.8 Å². The Morgan fingerprint density at radius 1 is 0.661 bits per heavy atom. The van der Waals surface area contributed by atoms with Gasteiger partial charge in [0.25, 0.3) is 0 Å². The average Bonchev–Trinajstić information content (AvgIpc) is 3.25. The lowest BCUT2D eigenvalue weighted by Gasteiger charge is -2.35. The Kier molecular flexibility index (Phi) is 17.2. The number of anilines is 2. The lowest BCUT2D eigenvalue weighted by molar-refractivity contribution is 0.0591. The monoisotopic (exact) mass is 876 g/mol. The maximum atomic E-state index is 14.7. The molecule has 4 aromatic rings. The Bertz CT molecular complexity index is 2230. The van der Waals surface area contributed by atoms with Gasteiger partial charge in [-0.15, -0.1) is 12.4 Å². The number of halogens is 3. The molecule has 2 aliphatic rings. The highest BCUT2D eigenvalue weighted by Gasteiger charge is 2.36. The molecule has 0 atom stereocenters. The summed E-state index contributed by atoms with van der Waals surface area (Å²) < 4.78 is 94.8. The molecule has 4 aromatic carbocycles. The van der Waals surface area contributed by atoms with Crippen LogP contribution in [0, 0.1) is 11.6 Å². The molecule has 0 aliphatic carbocycles. The third kappa shape index (κ3) is 11.8. The van der Waals surface area contributed by atoms with Gasteiger partial charge in [-0.2, -0.15) is 0 Å². The van der Waals surface area contributed by atoms with Crippen LogP contribution in [0.3, 0.4) is 0 Å². The number of hydrogen-bond donors (Lipinski definition) is 1. The Balaban J connectivity index is 0.000000257. The molecule has 0 saturated carbocycles. The van der Waals surface area contributed by atoms with Gasteiger partial charge in [-0.05, 0) is 107 Å². The molecule has 12 nitrogen and oxygen atoms in total. The Morgan fingerprint density at radius 3 is 1.41 bits per heavy atom. The number of esters is 2. The van der Waals surface area contributed by atoms with E-state index < -0.39 is 54.1 Å². The van der Waals surface area contributed by atoms with Crippen molar-refractivity contribution in [3.8, 4) is 0 Å². The van der Waals surface area contributed by atoms with Gasteiger partial charge < -0.3 is 19.7 Å². The number of carbonyl (C=O) groups excluding carboxylic acids is 2. The van der Waals surface area contributed by atoms with Crippen LogP contribution < -0.4 is 13.9 Å². The zero-order valence-corrected chi connectivity index (χ0v) is 35.7. The fourth-order valence-electron chi connectivity index (χ4n) is 6.97. The molecule has 6 rings (SSSR count). The highest BCUT2D eigenvalue weighted by Crippen LogP contribution is 2.30. The van der Waals surface area contributed by atoms with E-state index in [1.165, 1.54) is 47.1 Å². The predicted octanol–water partition coefficient (Wildman–Crippen LogP) is 6.56. The van der Waals surface area contributed by atoms with Gasteiger partial charge in [-0.25, -0.2) is 35.2 Å². The first-order valence-corrected chi connectivity index (χ1v) is 22.1. The van der Waals surface area contributed by atoms with Gasteiger partial charge in [-0.1, -0.05) is 55.5 Å². The number of nitrogens with one attached hydrogen (secondary N) is 1. The first-order chi connectivity index (χ1) is 27.8. The van der Waals surface area contributed by atoms with Crippen molar-refractivity contribution in [3.63, 3.8) is 0 Å². The molecule has 0 spiro atoms. The number of rotatable bonds is 13. The van der Waals surface area contributed by atoms with Crippen molar-refractivity contribution in [3.05, 3.63) is 131 Å². The number of methoxy groups -OCH3 is 2. The lowest BCUT2D eigenvalue weighted by atomic mass is 10.1. The zero-order chi connectivity index (χ0) is 41.9. The van der Waals surface area contributed by atoms with Crippen LogP contribution in [0.1, 0.15) is 64.4 Å². The minimum atomic E-state index is -3.71. The SMILES string of the molecule is CCN1CCC(S(=O)(=O)N(Cc2ccc(C(=O)OC)cc2F)c2ccccc2)CC1.COC(=O)c1ccc(CN(c2ccccc2)S(=O)(=O)C2CCNCC2)c(F)c1.Cl. The number of para-hydroxylation sites is 2. The van der Waals surface area contributed by atoms with Crippen molar-refractivity contribution in [2.75, 3.05) is 55.6 Å².